The summed E-state index contributed by atoms with van der Waals surface area (Å²) < 4.78 is 28.0. The molecule has 26 heavy (non-hydrogen) atoms. The van der Waals surface area contributed by atoms with E-state index in [1.54, 1.807) is 18.2 Å². The van der Waals surface area contributed by atoms with Gasteiger partial charge in [0.05, 0.1) is 15.1 Å². The first-order valence-corrected chi connectivity index (χ1v) is 10.4. The van der Waals surface area contributed by atoms with E-state index in [-0.39, 0.29) is 16.1 Å². The van der Waals surface area contributed by atoms with Crippen molar-refractivity contribution in [3.63, 3.8) is 0 Å². The Bertz CT molecular complexity index is 1010. The second kappa shape index (κ2) is 6.89. The number of aromatic amines is 1. The van der Waals surface area contributed by atoms with Crippen LogP contribution in [-0.4, -0.2) is 18.6 Å². The molecule has 0 radical (unpaired) electrons. The first-order chi connectivity index (χ1) is 12.2. The summed E-state index contributed by atoms with van der Waals surface area (Å²) in [5, 5.41) is 7.01. The lowest BCUT2D eigenvalue weighted by Crippen LogP contribution is -2.13. The molecule has 0 saturated carbocycles. The van der Waals surface area contributed by atoms with E-state index in [9.17, 15) is 8.42 Å². The summed E-state index contributed by atoms with van der Waals surface area (Å²) in [5.74, 6) is 0.226. The van der Waals surface area contributed by atoms with Gasteiger partial charge in [0, 0.05) is 5.56 Å². The van der Waals surface area contributed by atoms with Crippen LogP contribution in [0.1, 0.15) is 26.3 Å². The van der Waals surface area contributed by atoms with Gasteiger partial charge in [-0.3, -0.25) is 9.82 Å². The zero-order chi connectivity index (χ0) is 18.9. The number of hydrogen-bond acceptors (Lipinski definition) is 3. The van der Waals surface area contributed by atoms with Gasteiger partial charge in [-0.2, -0.15) is 5.10 Å². The van der Waals surface area contributed by atoms with Crippen molar-refractivity contribution in [1.82, 2.24) is 10.2 Å². The average Bonchev–Trinajstić information content (AvgIpc) is 2.95. The minimum atomic E-state index is -3.69. The third-order valence-electron chi connectivity index (χ3n) is 4.03. The van der Waals surface area contributed by atoms with Crippen LogP contribution in [0.15, 0.2) is 64.0 Å². The standard InChI is InChI=1S/C19H20BrN3O2S/c1-19(2,3)14-11-9-13(10-12-14)17-16(20)18(22-21-17)23-26(24,25)15-7-5-4-6-8-15/h4-12H,1-3H3,(H2,21,22,23). The van der Waals surface area contributed by atoms with Gasteiger partial charge in [0.1, 0.15) is 0 Å². The van der Waals surface area contributed by atoms with Crippen LogP contribution >= 0.6 is 15.9 Å². The molecule has 0 saturated heterocycles. The molecule has 3 aromatic rings. The van der Waals surface area contributed by atoms with Crippen molar-refractivity contribution < 1.29 is 8.42 Å². The van der Waals surface area contributed by atoms with Crippen LogP contribution in [0.3, 0.4) is 0 Å². The number of H-pyrrole nitrogens is 1. The van der Waals surface area contributed by atoms with Crippen LogP contribution in [0.5, 0.6) is 0 Å². The maximum atomic E-state index is 12.5. The zero-order valence-electron chi connectivity index (χ0n) is 14.7. The molecule has 0 atom stereocenters. The second-order valence-electron chi connectivity index (χ2n) is 7.01. The molecule has 5 nitrogen and oxygen atoms in total. The van der Waals surface area contributed by atoms with E-state index >= 15 is 0 Å². The Balaban J connectivity index is 1.89. The SMILES string of the molecule is CC(C)(C)c1ccc(-c2[nH]nc(NS(=O)(=O)c3ccccc3)c2Br)cc1. The number of aromatic nitrogens is 2. The van der Waals surface area contributed by atoms with Gasteiger partial charge in [-0.05, 0) is 39.0 Å². The van der Waals surface area contributed by atoms with Gasteiger partial charge in [-0.25, -0.2) is 8.42 Å². The number of nitrogens with one attached hydrogen (secondary N) is 2. The summed E-state index contributed by atoms with van der Waals surface area (Å²) in [5.41, 5.74) is 2.93. The number of sulfonamides is 1. The Morgan fingerprint density at radius 1 is 1.00 bits per heavy atom. The predicted octanol–water partition coefficient (Wildman–Crippen LogP) is 4.94. The highest BCUT2D eigenvalue weighted by atomic mass is 79.9. The highest BCUT2D eigenvalue weighted by Crippen LogP contribution is 2.34. The average molecular weight is 434 g/mol. The molecule has 0 aliphatic rings. The fourth-order valence-electron chi connectivity index (χ4n) is 2.51. The van der Waals surface area contributed by atoms with Gasteiger partial charge < -0.3 is 0 Å². The monoisotopic (exact) mass is 433 g/mol. The number of benzene rings is 2. The van der Waals surface area contributed by atoms with Crippen LogP contribution < -0.4 is 4.72 Å². The van der Waals surface area contributed by atoms with Crippen LogP contribution in [0.2, 0.25) is 0 Å². The van der Waals surface area contributed by atoms with Crippen molar-refractivity contribution >= 4 is 31.8 Å². The lowest BCUT2D eigenvalue weighted by molar-refractivity contribution is 0.590. The van der Waals surface area contributed by atoms with Gasteiger partial charge in [0.25, 0.3) is 10.0 Å². The highest BCUT2D eigenvalue weighted by molar-refractivity contribution is 9.10. The minimum absolute atomic E-state index is 0.0697. The molecule has 0 unspecified atom stereocenters. The molecule has 0 aliphatic heterocycles. The summed E-state index contributed by atoms with van der Waals surface area (Å²) in [6, 6.07) is 16.3. The molecule has 0 amide bonds. The molecule has 7 heteroatoms. The molecule has 1 heterocycles. The van der Waals surface area contributed by atoms with Crippen molar-refractivity contribution in [3.05, 3.63) is 64.6 Å². The molecule has 136 valence electrons. The number of anilines is 1. The van der Waals surface area contributed by atoms with Crippen molar-refractivity contribution in [1.29, 1.82) is 0 Å². The lowest BCUT2D eigenvalue weighted by Gasteiger charge is -2.19. The number of rotatable bonds is 4. The Kier molecular flexibility index (Phi) is 4.94. The number of nitrogens with zero attached hydrogens (tertiary/aromatic N) is 1. The molecular weight excluding hydrogens is 414 g/mol. The maximum absolute atomic E-state index is 12.5. The third-order valence-corrected chi connectivity index (χ3v) is 6.16. The molecule has 2 N–H and O–H groups in total. The molecule has 0 fully saturated rings. The minimum Gasteiger partial charge on any atom is -0.275 e. The summed E-state index contributed by atoms with van der Waals surface area (Å²) in [6.07, 6.45) is 0. The normalized spacial score (nSPS) is 12.2. The Morgan fingerprint density at radius 3 is 2.19 bits per heavy atom. The fourth-order valence-corrected chi connectivity index (χ4v) is 4.18. The molecule has 0 aliphatic carbocycles. The van der Waals surface area contributed by atoms with Crippen LogP contribution in [0.4, 0.5) is 5.82 Å². The first kappa shape index (κ1) is 18.7. The molecule has 0 bridgehead atoms. The van der Waals surface area contributed by atoms with E-state index in [4.69, 9.17) is 0 Å². The molecule has 1 aromatic heterocycles. The molecule has 3 rings (SSSR count). The predicted molar refractivity (Wildman–Crippen MR) is 108 cm³/mol. The summed E-state index contributed by atoms with van der Waals surface area (Å²) in [4.78, 5) is 0.186. The number of halogens is 1. The molecular formula is C19H20BrN3O2S. The summed E-state index contributed by atoms with van der Waals surface area (Å²) in [6.45, 7) is 6.47. The van der Waals surface area contributed by atoms with E-state index in [2.05, 4.69) is 63.8 Å². The Hall–Kier alpha value is -2.12. The fraction of sp³-hybridized carbons (Fsp3) is 0.211. The Labute approximate surface area is 162 Å². The number of hydrogen-bond donors (Lipinski definition) is 2. The van der Waals surface area contributed by atoms with E-state index < -0.39 is 10.0 Å². The van der Waals surface area contributed by atoms with Gasteiger partial charge in [-0.15, -0.1) is 0 Å². The van der Waals surface area contributed by atoms with Crippen LogP contribution in [-0.2, 0) is 15.4 Å². The Morgan fingerprint density at radius 2 is 1.62 bits per heavy atom. The zero-order valence-corrected chi connectivity index (χ0v) is 17.1. The van der Waals surface area contributed by atoms with Crippen molar-refractivity contribution in [2.24, 2.45) is 0 Å². The van der Waals surface area contributed by atoms with Gasteiger partial charge >= 0.3 is 0 Å². The lowest BCUT2D eigenvalue weighted by atomic mass is 9.86. The second-order valence-corrected chi connectivity index (χ2v) is 9.48. The largest absolute Gasteiger partial charge is 0.275 e. The van der Waals surface area contributed by atoms with E-state index in [1.165, 1.54) is 17.7 Å². The van der Waals surface area contributed by atoms with Gasteiger partial charge in [0.15, 0.2) is 5.82 Å². The van der Waals surface area contributed by atoms with E-state index in [1.807, 2.05) is 12.1 Å². The first-order valence-electron chi connectivity index (χ1n) is 8.11. The molecule has 2 aromatic carbocycles. The van der Waals surface area contributed by atoms with Crippen molar-refractivity contribution in [2.75, 3.05) is 4.72 Å². The van der Waals surface area contributed by atoms with Crippen LogP contribution in [0.25, 0.3) is 11.3 Å². The molecule has 0 spiro atoms. The highest BCUT2D eigenvalue weighted by Gasteiger charge is 2.20. The maximum Gasteiger partial charge on any atom is 0.263 e. The van der Waals surface area contributed by atoms with Gasteiger partial charge in [-0.1, -0.05) is 63.2 Å². The summed E-state index contributed by atoms with van der Waals surface area (Å²) >= 11 is 3.45. The van der Waals surface area contributed by atoms with E-state index in [0.717, 1.165) is 11.3 Å². The van der Waals surface area contributed by atoms with E-state index in [0.29, 0.717) is 4.47 Å². The van der Waals surface area contributed by atoms with Crippen LogP contribution in [0, 0.1) is 0 Å². The smallest absolute Gasteiger partial charge is 0.263 e. The third kappa shape index (κ3) is 3.83. The van der Waals surface area contributed by atoms with Crippen molar-refractivity contribution in [3.8, 4) is 11.3 Å². The van der Waals surface area contributed by atoms with Gasteiger partial charge in [0.2, 0.25) is 0 Å². The summed E-state index contributed by atoms with van der Waals surface area (Å²) in [7, 11) is -3.69. The quantitative estimate of drug-likeness (QED) is 0.611. The van der Waals surface area contributed by atoms with Crippen molar-refractivity contribution in [2.45, 2.75) is 31.1 Å². The topological polar surface area (TPSA) is 74.8 Å².